The lowest BCUT2D eigenvalue weighted by molar-refractivity contribution is -0.137. The standard InChI is InChI=1S/C16H13ClF3NO/c1-10-2-5-12(16(18,19)20)8-14(10)15(22)21-9-11-3-6-13(17)7-4-11/h2-8H,9H2,1H3,(H,21,22). The molecule has 0 aliphatic heterocycles. The summed E-state index contributed by atoms with van der Waals surface area (Å²) in [5.74, 6) is -0.543. The van der Waals surface area contributed by atoms with Gasteiger partial charge >= 0.3 is 6.18 Å². The van der Waals surface area contributed by atoms with Crippen LogP contribution in [0.3, 0.4) is 0 Å². The highest BCUT2D eigenvalue weighted by molar-refractivity contribution is 6.30. The van der Waals surface area contributed by atoms with Crippen LogP contribution >= 0.6 is 11.6 Å². The van der Waals surface area contributed by atoms with Crippen molar-refractivity contribution in [1.82, 2.24) is 5.32 Å². The number of rotatable bonds is 3. The van der Waals surface area contributed by atoms with Gasteiger partial charge in [-0.3, -0.25) is 4.79 Å². The van der Waals surface area contributed by atoms with E-state index in [1.54, 1.807) is 31.2 Å². The first-order valence-electron chi connectivity index (χ1n) is 6.48. The molecule has 2 rings (SSSR count). The summed E-state index contributed by atoms with van der Waals surface area (Å²) in [5, 5.41) is 3.18. The van der Waals surface area contributed by atoms with Crippen LogP contribution in [0.4, 0.5) is 13.2 Å². The van der Waals surface area contributed by atoms with E-state index < -0.39 is 17.6 Å². The van der Waals surface area contributed by atoms with Crippen LogP contribution in [0.25, 0.3) is 0 Å². The third-order valence-electron chi connectivity index (χ3n) is 3.18. The van der Waals surface area contributed by atoms with Gasteiger partial charge in [0.1, 0.15) is 0 Å². The van der Waals surface area contributed by atoms with Crippen molar-refractivity contribution >= 4 is 17.5 Å². The average molecular weight is 328 g/mol. The second-order valence-corrected chi connectivity index (χ2v) is 5.27. The minimum Gasteiger partial charge on any atom is -0.348 e. The van der Waals surface area contributed by atoms with E-state index in [2.05, 4.69) is 5.32 Å². The molecule has 0 fully saturated rings. The smallest absolute Gasteiger partial charge is 0.348 e. The van der Waals surface area contributed by atoms with Gasteiger partial charge in [-0.25, -0.2) is 0 Å². The number of alkyl halides is 3. The largest absolute Gasteiger partial charge is 0.416 e. The van der Waals surface area contributed by atoms with E-state index >= 15 is 0 Å². The molecule has 1 amide bonds. The molecule has 0 bridgehead atoms. The van der Waals surface area contributed by atoms with Crippen molar-refractivity contribution in [2.45, 2.75) is 19.6 Å². The average Bonchev–Trinajstić information content (AvgIpc) is 2.45. The molecule has 0 heterocycles. The Morgan fingerprint density at radius 1 is 1.14 bits per heavy atom. The van der Waals surface area contributed by atoms with E-state index in [1.165, 1.54) is 6.07 Å². The summed E-state index contributed by atoms with van der Waals surface area (Å²) in [7, 11) is 0. The summed E-state index contributed by atoms with van der Waals surface area (Å²) in [6.45, 7) is 1.81. The predicted molar refractivity (Wildman–Crippen MR) is 78.8 cm³/mol. The Balaban J connectivity index is 2.13. The lowest BCUT2D eigenvalue weighted by Crippen LogP contribution is -2.24. The first-order valence-corrected chi connectivity index (χ1v) is 6.85. The van der Waals surface area contributed by atoms with E-state index in [4.69, 9.17) is 11.6 Å². The van der Waals surface area contributed by atoms with Crippen molar-refractivity contribution in [2.24, 2.45) is 0 Å². The maximum absolute atomic E-state index is 12.7. The molecular formula is C16H13ClF3NO. The van der Waals surface area contributed by atoms with Crippen LogP contribution in [-0.2, 0) is 12.7 Å². The first kappa shape index (κ1) is 16.4. The summed E-state index contributed by atoms with van der Waals surface area (Å²) >= 11 is 5.76. The molecule has 0 saturated carbocycles. The van der Waals surface area contributed by atoms with Gasteiger partial charge in [0, 0.05) is 17.1 Å². The molecule has 0 spiro atoms. The van der Waals surface area contributed by atoms with Crippen LogP contribution in [0.1, 0.15) is 27.0 Å². The van der Waals surface area contributed by atoms with Gasteiger partial charge in [0.25, 0.3) is 5.91 Å². The summed E-state index contributed by atoms with van der Waals surface area (Å²) in [5.41, 5.74) is 0.475. The Bertz CT molecular complexity index is 681. The van der Waals surface area contributed by atoms with Gasteiger partial charge in [-0.2, -0.15) is 13.2 Å². The van der Waals surface area contributed by atoms with Crippen LogP contribution in [0.2, 0.25) is 5.02 Å². The van der Waals surface area contributed by atoms with Crippen molar-refractivity contribution in [3.05, 3.63) is 69.7 Å². The quantitative estimate of drug-likeness (QED) is 0.877. The van der Waals surface area contributed by atoms with Crippen LogP contribution in [0, 0.1) is 6.92 Å². The van der Waals surface area contributed by atoms with Crippen LogP contribution in [0.5, 0.6) is 0 Å². The molecule has 0 saturated heterocycles. The van der Waals surface area contributed by atoms with E-state index in [0.717, 1.165) is 17.7 Å². The van der Waals surface area contributed by atoms with E-state index in [0.29, 0.717) is 10.6 Å². The number of benzene rings is 2. The maximum atomic E-state index is 12.7. The number of carbonyl (C=O) groups excluding carboxylic acids is 1. The van der Waals surface area contributed by atoms with E-state index in [-0.39, 0.29) is 12.1 Å². The molecule has 116 valence electrons. The zero-order valence-electron chi connectivity index (χ0n) is 11.7. The first-order chi connectivity index (χ1) is 10.3. The third-order valence-corrected chi connectivity index (χ3v) is 3.43. The molecule has 0 aliphatic rings. The molecule has 0 radical (unpaired) electrons. The van der Waals surface area contributed by atoms with Gasteiger partial charge in [-0.1, -0.05) is 29.8 Å². The van der Waals surface area contributed by atoms with Crippen LogP contribution in [0.15, 0.2) is 42.5 Å². The molecule has 0 unspecified atom stereocenters. The summed E-state index contributed by atoms with van der Waals surface area (Å²) in [6.07, 6.45) is -4.47. The fourth-order valence-corrected chi connectivity index (χ4v) is 2.05. The lowest BCUT2D eigenvalue weighted by Gasteiger charge is -2.12. The molecule has 2 nitrogen and oxygen atoms in total. The molecule has 22 heavy (non-hydrogen) atoms. The number of amides is 1. The lowest BCUT2D eigenvalue weighted by atomic mass is 10.0. The minimum absolute atomic E-state index is 0.0174. The molecule has 1 N–H and O–H groups in total. The van der Waals surface area contributed by atoms with Gasteiger partial charge in [0.2, 0.25) is 0 Å². The number of nitrogens with one attached hydrogen (secondary N) is 1. The zero-order chi connectivity index (χ0) is 16.3. The van der Waals surface area contributed by atoms with Crippen molar-refractivity contribution in [3.63, 3.8) is 0 Å². The van der Waals surface area contributed by atoms with Crippen LogP contribution in [-0.4, -0.2) is 5.91 Å². The Morgan fingerprint density at radius 2 is 1.77 bits per heavy atom. The summed E-state index contributed by atoms with van der Waals surface area (Å²) < 4.78 is 38.1. The summed E-state index contributed by atoms with van der Waals surface area (Å²) in [6, 6.07) is 9.96. The normalized spacial score (nSPS) is 11.3. The topological polar surface area (TPSA) is 29.1 Å². The minimum atomic E-state index is -4.47. The molecule has 0 atom stereocenters. The zero-order valence-corrected chi connectivity index (χ0v) is 12.4. The van der Waals surface area contributed by atoms with E-state index in [1.807, 2.05) is 0 Å². The Morgan fingerprint density at radius 3 is 2.36 bits per heavy atom. The van der Waals surface area contributed by atoms with Gasteiger partial charge in [0.15, 0.2) is 0 Å². The monoisotopic (exact) mass is 327 g/mol. The maximum Gasteiger partial charge on any atom is 0.416 e. The van der Waals surface area contributed by atoms with Gasteiger partial charge in [-0.15, -0.1) is 0 Å². The third kappa shape index (κ3) is 4.01. The number of hydrogen-bond acceptors (Lipinski definition) is 1. The Kier molecular flexibility index (Phi) is 4.76. The predicted octanol–water partition coefficient (Wildman–Crippen LogP) is 4.60. The van der Waals surface area contributed by atoms with Gasteiger partial charge < -0.3 is 5.32 Å². The number of hydrogen-bond donors (Lipinski definition) is 1. The number of aryl methyl sites for hydroxylation is 1. The molecule has 0 aliphatic carbocycles. The Labute approximate surface area is 130 Å². The van der Waals surface area contributed by atoms with Gasteiger partial charge in [-0.05, 0) is 42.3 Å². The second-order valence-electron chi connectivity index (χ2n) is 4.84. The second kappa shape index (κ2) is 6.40. The fourth-order valence-electron chi connectivity index (χ4n) is 1.92. The molecule has 0 aromatic heterocycles. The van der Waals surface area contributed by atoms with Crippen molar-refractivity contribution in [2.75, 3.05) is 0 Å². The SMILES string of the molecule is Cc1ccc(C(F)(F)F)cc1C(=O)NCc1ccc(Cl)cc1. The molecule has 6 heteroatoms. The number of carbonyl (C=O) groups is 1. The Hall–Kier alpha value is -2.01. The highest BCUT2D eigenvalue weighted by Gasteiger charge is 2.31. The summed E-state index contributed by atoms with van der Waals surface area (Å²) in [4.78, 5) is 12.1. The highest BCUT2D eigenvalue weighted by atomic mass is 35.5. The van der Waals surface area contributed by atoms with Crippen LogP contribution < -0.4 is 5.32 Å². The van der Waals surface area contributed by atoms with E-state index in [9.17, 15) is 18.0 Å². The molecule has 2 aromatic rings. The van der Waals surface area contributed by atoms with Gasteiger partial charge in [0.05, 0.1) is 5.56 Å². The molecule has 2 aromatic carbocycles. The number of halogens is 4. The van der Waals surface area contributed by atoms with Crippen molar-refractivity contribution in [3.8, 4) is 0 Å². The highest BCUT2D eigenvalue weighted by Crippen LogP contribution is 2.30. The molecular weight excluding hydrogens is 315 g/mol. The fraction of sp³-hybridized carbons (Fsp3) is 0.188. The van der Waals surface area contributed by atoms with Crippen molar-refractivity contribution < 1.29 is 18.0 Å². The van der Waals surface area contributed by atoms with Crippen molar-refractivity contribution in [1.29, 1.82) is 0 Å².